The van der Waals surface area contributed by atoms with Crippen LogP contribution in [-0.2, 0) is 9.59 Å². The number of amides is 2. The van der Waals surface area contributed by atoms with Crippen LogP contribution in [0.1, 0.15) is 31.2 Å². The zero-order chi connectivity index (χ0) is 17.6. The normalized spacial score (nSPS) is 18.4. The lowest BCUT2D eigenvalue weighted by molar-refractivity contribution is -0.117. The molecule has 0 aromatic heterocycles. The van der Waals surface area contributed by atoms with Gasteiger partial charge in [0.25, 0.3) is 0 Å². The number of anilines is 2. The molecule has 1 aromatic rings. The summed E-state index contributed by atoms with van der Waals surface area (Å²) in [5.74, 6) is 0.00522. The minimum absolute atomic E-state index is 0.0000892. The molecule has 25 heavy (non-hydrogen) atoms. The van der Waals surface area contributed by atoms with Crippen LogP contribution < -0.4 is 10.6 Å². The number of nitrogens with one attached hydrogen (secondary N) is 2. The van der Waals surface area contributed by atoms with Crippen LogP contribution in [-0.4, -0.2) is 60.9 Å². The van der Waals surface area contributed by atoms with Gasteiger partial charge in [-0.15, -0.1) is 0 Å². The molecular weight excluding hydrogens is 316 g/mol. The number of aryl methyl sites for hydroxylation is 1. The van der Waals surface area contributed by atoms with Crippen LogP contribution in [0.25, 0.3) is 0 Å². The molecule has 2 heterocycles. The van der Waals surface area contributed by atoms with Crippen LogP contribution in [0.5, 0.6) is 0 Å². The predicted octanol–water partition coefficient (Wildman–Crippen LogP) is 2.06. The average molecular weight is 344 g/mol. The lowest BCUT2D eigenvalue weighted by Gasteiger charge is -2.17. The van der Waals surface area contributed by atoms with E-state index in [2.05, 4.69) is 20.4 Å². The van der Waals surface area contributed by atoms with Crippen molar-refractivity contribution in [1.29, 1.82) is 0 Å². The number of benzene rings is 1. The van der Waals surface area contributed by atoms with Gasteiger partial charge in [0.15, 0.2) is 0 Å². The first-order chi connectivity index (χ1) is 12.1. The van der Waals surface area contributed by atoms with Crippen molar-refractivity contribution in [2.75, 3.05) is 49.9 Å². The molecule has 136 valence electrons. The molecule has 2 aliphatic rings. The first kappa shape index (κ1) is 17.9. The van der Waals surface area contributed by atoms with Crippen LogP contribution in [0, 0.1) is 6.92 Å². The smallest absolute Gasteiger partial charge is 0.238 e. The summed E-state index contributed by atoms with van der Waals surface area (Å²) in [6, 6.07) is 5.66. The van der Waals surface area contributed by atoms with Gasteiger partial charge in [0.1, 0.15) is 0 Å². The number of rotatable bonds is 6. The Morgan fingerprint density at radius 3 is 1.96 bits per heavy atom. The topological polar surface area (TPSA) is 64.7 Å². The fourth-order valence-corrected chi connectivity index (χ4v) is 3.51. The summed E-state index contributed by atoms with van der Waals surface area (Å²) < 4.78 is 0. The monoisotopic (exact) mass is 344 g/mol. The van der Waals surface area contributed by atoms with E-state index in [4.69, 9.17) is 0 Å². The van der Waals surface area contributed by atoms with Crippen molar-refractivity contribution in [2.24, 2.45) is 0 Å². The summed E-state index contributed by atoms with van der Waals surface area (Å²) in [4.78, 5) is 28.7. The fourth-order valence-electron chi connectivity index (χ4n) is 3.51. The summed E-state index contributed by atoms with van der Waals surface area (Å²) in [7, 11) is 0. The summed E-state index contributed by atoms with van der Waals surface area (Å²) >= 11 is 0. The minimum Gasteiger partial charge on any atom is -0.325 e. The highest BCUT2D eigenvalue weighted by atomic mass is 16.2. The quantitative estimate of drug-likeness (QED) is 0.829. The van der Waals surface area contributed by atoms with Crippen molar-refractivity contribution in [3.63, 3.8) is 0 Å². The number of carbonyl (C=O) groups is 2. The molecule has 0 radical (unpaired) electrons. The Balaban J connectivity index is 1.55. The van der Waals surface area contributed by atoms with E-state index in [1.165, 1.54) is 25.7 Å². The van der Waals surface area contributed by atoms with Gasteiger partial charge >= 0.3 is 0 Å². The molecular formula is C19H28N4O2. The molecule has 2 aliphatic heterocycles. The molecule has 3 rings (SSSR count). The van der Waals surface area contributed by atoms with Gasteiger partial charge in [-0.25, -0.2) is 0 Å². The minimum atomic E-state index is 0.0000892. The van der Waals surface area contributed by atoms with E-state index in [1.807, 2.05) is 25.1 Å². The Labute approximate surface area is 149 Å². The van der Waals surface area contributed by atoms with Gasteiger partial charge < -0.3 is 10.6 Å². The van der Waals surface area contributed by atoms with Gasteiger partial charge in [-0.2, -0.15) is 0 Å². The van der Waals surface area contributed by atoms with Crippen LogP contribution in [0.2, 0.25) is 0 Å². The molecule has 6 nitrogen and oxygen atoms in total. The number of hydrogen-bond donors (Lipinski definition) is 2. The molecule has 2 saturated heterocycles. The summed E-state index contributed by atoms with van der Waals surface area (Å²) in [5, 5.41) is 5.92. The molecule has 2 N–H and O–H groups in total. The molecule has 0 spiro atoms. The second-order valence-electron chi connectivity index (χ2n) is 7.09. The van der Waals surface area contributed by atoms with Gasteiger partial charge in [0, 0.05) is 11.4 Å². The van der Waals surface area contributed by atoms with E-state index in [0.717, 1.165) is 43.1 Å². The zero-order valence-electron chi connectivity index (χ0n) is 15.0. The van der Waals surface area contributed by atoms with Gasteiger partial charge in [0.05, 0.1) is 13.1 Å². The molecule has 1 aromatic carbocycles. The Bertz CT molecular complexity index is 620. The zero-order valence-corrected chi connectivity index (χ0v) is 15.0. The maximum Gasteiger partial charge on any atom is 0.238 e. The molecule has 0 aliphatic carbocycles. The van der Waals surface area contributed by atoms with Gasteiger partial charge in [-0.05, 0) is 76.5 Å². The summed E-state index contributed by atoms with van der Waals surface area (Å²) in [6.45, 7) is 6.83. The maximum atomic E-state index is 12.2. The van der Waals surface area contributed by atoms with E-state index in [9.17, 15) is 9.59 Å². The third-order valence-electron chi connectivity index (χ3n) is 4.93. The molecule has 2 fully saturated rings. The standard InChI is InChI=1S/C19H28N4O2/c1-15-6-7-16(20-18(24)13-22-8-2-3-9-22)12-17(15)21-19(25)14-23-10-4-5-11-23/h6-7,12H,2-5,8-11,13-14H2,1H3,(H,20,24)(H,21,25). The van der Waals surface area contributed by atoms with Crippen LogP contribution in [0.3, 0.4) is 0 Å². The van der Waals surface area contributed by atoms with Crippen molar-refractivity contribution in [3.05, 3.63) is 23.8 Å². The molecule has 0 atom stereocenters. The van der Waals surface area contributed by atoms with E-state index in [0.29, 0.717) is 13.1 Å². The van der Waals surface area contributed by atoms with Crippen molar-refractivity contribution in [3.8, 4) is 0 Å². The van der Waals surface area contributed by atoms with Gasteiger partial charge in [-0.1, -0.05) is 6.07 Å². The van der Waals surface area contributed by atoms with E-state index in [1.54, 1.807) is 0 Å². The van der Waals surface area contributed by atoms with E-state index >= 15 is 0 Å². The Morgan fingerprint density at radius 1 is 0.880 bits per heavy atom. The molecule has 2 amide bonds. The Hall–Kier alpha value is -1.92. The maximum absolute atomic E-state index is 12.2. The van der Waals surface area contributed by atoms with Crippen molar-refractivity contribution in [1.82, 2.24) is 9.80 Å². The third kappa shape index (κ3) is 5.28. The van der Waals surface area contributed by atoms with Crippen LogP contribution in [0.4, 0.5) is 11.4 Å². The first-order valence-corrected chi connectivity index (χ1v) is 9.25. The van der Waals surface area contributed by atoms with Crippen LogP contribution >= 0.6 is 0 Å². The molecule has 0 saturated carbocycles. The molecule has 0 unspecified atom stereocenters. The van der Waals surface area contributed by atoms with Crippen molar-refractivity contribution < 1.29 is 9.59 Å². The highest BCUT2D eigenvalue weighted by Gasteiger charge is 2.17. The van der Waals surface area contributed by atoms with E-state index in [-0.39, 0.29) is 11.8 Å². The third-order valence-corrected chi connectivity index (χ3v) is 4.93. The number of nitrogens with zero attached hydrogens (tertiary/aromatic N) is 2. The second-order valence-corrected chi connectivity index (χ2v) is 7.09. The molecule has 0 bridgehead atoms. The first-order valence-electron chi connectivity index (χ1n) is 9.25. The Kier molecular flexibility index (Phi) is 6.04. The highest BCUT2D eigenvalue weighted by Crippen LogP contribution is 2.21. The van der Waals surface area contributed by atoms with Crippen molar-refractivity contribution in [2.45, 2.75) is 32.6 Å². The largest absolute Gasteiger partial charge is 0.325 e. The Morgan fingerprint density at radius 2 is 1.40 bits per heavy atom. The average Bonchev–Trinajstić information content (AvgIpc) is 3.24. The summed E-state index contributed by atoms with van der Waals surface area (Å²) in [5.41, 5.74) is 2.49. The number of hydrogen-bond acceptors (Lipinski definition) is 4. The van der Waals surface area contributed by atoms with Crippen molar-refractivity contribution >= 4 is 23.2 Å². The predicted molar refractivity (Wildman–Crippen MR) is 99.8 cm³/mol. The number of likely N-dealkylation sites (tertiary alicyclic amines) is 2. The second kappa shape index (κ2) is 8.45. The number of carbonyl (C=O) groups excluding carboxylic acids is 2. The fraction of sp³-hybridized carbons (Fsp3) is 0.579. The van der Waals surface area contributed by atoms with Gasteiger partial charge in [0.2, 0.25) is 11.8 Å². The highest BCUT2D eigenvalue weighted by molar-refractivity contribution is 5.96. The SMILES string of the molecule is Cc1ccc(NC(=O)CN2CCCC2)cc1NC(=O)CN1CCCC1. The lowest BCUT2D eigenvalue weighted by atomic mass is 10.1. The lowest BCUT2D eigenvalue weighted by Crippen LogP contribution is -2.31. The van der Waals surface area contributed by atoms with E-state index < -0.39 is 0 Å². The summed E-state index contributed by atoms with van der Waals surface area (Å²) in [6.07, 6.45) is 4.69. The molecule has 6 heteroatoms. The van der Waals surface area contributed by atoms with Gasteiger partial charge in [-0.3, -0.25) is 19.4 Å². The van der Waals surface area contributed by atoms with Crippen LogP contribution in [0.15, 0.2) is 18.2 Å².